The molecule has 0 N–H and O–H groups in total. The second-order valence-electron chi connectivity index (χ2n) is 3.67. The zero-order valence-electron chi connectivity index (χ0n) is 6.93. The molecule has 0 saturated heterocycles. The van der Waals surface area contributed by atoms with Crippen LogP contribution in [0.15, 0.2) is 0 Å². The zero-order chi connectivity index (χ0) is 7.90. The van der Waals surface area contributed by atoms with Crippen molar-refractivity contribution < 1.29 is 9.53 Å². The summed E-state index contributed by atoms with van der Waals surface area (Å²) in [6.07, 6.45) is 4.66. The summed E-state index contributed by atoms with van der Waals surface area (Å²) in [6, 6.07) is 0. The van der Waals surface area contributed by atoms with E-state index in [-0.39, 0.29) is 11.4 Å². The molecule has 0 aromatic carbocycles. The molecule has 2 heteroatoms. The fraction of sp³-hybridized carbons (Fsp3) is 0.889. The molecule has 2 aliphatic rings. The third kappa shape index (κ3) is 0.883. The van der Waals surface area contributed by atoms with Crippen molar-refractivity contribution in [2.45, 2.75) is 32.6 Å². The molecule has 2 atom stereocenters. The second kappa shape index (κ2) is 2.23. The smallest absolute Gasteiger partial charge is 0.312 e. The van der Waals surface area contributed by atoms with Gasteiger partial charge < -0.3 is 4.74 Å². The Bertz CT molecular complexity index is 188. The van der Waals surface area contributed by atoms with Gasteiger partial charge in [0.05, 0.1) is 12.0 Å². The molecule has 0 aromatic heterocycles. The first kappa shape index (κ1) is 7.14. The fourth-order valence-corrected chi connectivity index (χ4v) is 2.36. The number of hydrogen-bond acceptors (Lipinski definition) is 2. The standard InChI is InChI=1S/C9H14O2/c1-2-11-8(10)9-5-3-4-7(9)6-9/h7H,2-6H2,1H3. The van der Waals surface area contributed by atoms with Gasteiger partial charge in [-0.05, 0) is 32.1 Å². The first-order valence-corrected chi connectivity index (χ1v) is 4.47. The lowest BCUT2D eigenvalue weighted by atomic mass is 10.1. The highest BCUT2D eigenvalue weighted by atomic mass is 16.5. The Kier molecular flexibility index (Phi) is 1.44. The van der Waals surface area contributed by atoms with E-state index in [9.17, 15) is 4.79 Å². The Morgan fingerprint density at radius 1 is 1.73 bits per heavy atom. The van der Waals surface area contributed by atoms with E-state index in [2.05, 4.69) is 0 Å². The van der Waals surface area contributed by atoms with Crippen LogP contribution in [0.2, 0.25) is 0 Å². The maximum absolute atomic E-state index is 11.4. The predicted molar refractivity (Wildman–Crippen MR) is 41.0 cm³/mol. The third-order valence-corrected chi connectivity index (χ3v) is 3.09. The van der Waals surface area contributed by atoms with E-state index in [4.69, 9.17) is 4.74 Å². The number of carbonyl (C=O) groups is 1. The van der Waals surface area contributed by atoms with Crippen molar-refractivity contribution in [1.82, 2.24) is 0 Å². The third-order valence-electron chi connectivity index (χ3n) is 3.09. The van der Waals surface area contributed by atoms with Crippen LogP contribution < -0.4 is 0 Å². The van der Waals surface area contributed by atoms with Crippen molar-refractivity contribution in [2.24, 2.45) is 11.3 Å². The summed E-state index contributed by atoms with van der Waals surface area (Å²) in [5.74, 6) is 0.754. The topological polar surface area (TPSA) is 26.3 Å². The first-order chi connectivity index (χ1) is 5.29. The fourth-order valence-electron chi connectivity index (χ4n) is 2.36. The van der Waals surface area contributed by atoms with Gasteiger partial charge in [0.15, 0.2) is 0 Å². The highest BCUT2D eigenvalue weighted by Gasteiger charge is 2.63. The zero-order valence-corrected chi connectivity index (χ0v) is 6.93. The van der Waals surface area contributed by atoms with Gasteiger partial charge in [-0.25, -0.2) is 0 Å². The van der Waals surface area contributed by atoms with Crippen molar-refractivity contribution in [3.05, 3.63) is 0 Å². The maximum atomic E-state index is 11.4. The number of ether oxygens (including phenoxy) is 1. The number of rotatable bonds is 2. The van der Waals surface area contributed by atoms with Gasteiger partial charge in [-0.15, -0.1) is 0 Å². The van der Waals surface area contributed by atoms with Crippen LogP contribution in [0.4, 0.5) is 0 Å². The molecule has 0 amide bonds. The minimum atomic E-state index is 0.00993. The minimum Gasteiger partial charge on any atom is -0.466 e. The number of hydrogen-bond donors (Lipinski definition) is 0. The molecule has 2 nitrogen and oxygen atoms in total. The lowest BCUT2D eigenvalue weighted by molar-refractivity contribution is -0.150. The monoisotopic (exact) mass is 154 g/mol. The number of fused-ring (bicyclic) bond motifs is 1. The molecule has 2 rings (SSSR count). The lowest BCUT2D eigenvalue weighted by Crippen LogP contribution is -2.18. The molecule has 62 valence electrons. The van der Waals surface area contributed by atoms with E-state index < -0.39 is 0 Å². The van der Waals surface area contributed by atoms with Gasteiger partial charge in [-0.1, -0.05) is 6.42 Å². The van der Waals surface area contributed by atoms with Crippen LogP contribution in [0.1, 0.15) is 32.6 Å². The van der Waals surface area contributed by atoms with Crippen molar-refractivity contribution in [1.29, 1.82) is 0 Å². The Labute approximate surface area is 66.9 Å². The van der Waals surface area contributed by atoms with E-state index in [0.717, 1.165) is 12.8 Å². The summed E-state index contributed by atoms with van der Waals surface area (Å²) in [4.78, 5) is 11.4. The van der Waals surface area contributed by atoms with Gasteiger partial charge in [0.2, 0.25) is 0 Å². The molecule has 0 aromatic rings. The summed E-state index contributed by atoms with van der Waals surface area (Å²) in [5.41, 5.74) is 0.00993. The van der Waals surface area contributed by atoms with E-state index in [1.165, 1.54) is 12.8 Å². The molecule has 0 bridgehead atoms. The minimum absolute atomic E-state index is 0.00993. The van der Waals surface area contributed by atoms with Crippen molar-refractivity contribution in [3.63, 3.8) is 0 Å². The van der Waals surface area contributed by atoms with Crippen molar-refractivity contribution >= 4 is 5.97 Å². The van der Waals surface area contributed by atoms with Crippen molar-refractivity contribution in [2.75, 3.05) is 6.61 Å². The van der Waals surface area contributed by atoms with E-state index >= 15 is 0 Å². The molecule has 2 fully saturated rings. The molecule has 2 saturated carbocycles. The van der Waals surface area contributed by atoms with Gasteiger partial charge in [0.1, 0.15) is 0 Å². The van der Waals surface area contributed by atoms with Gasteiger partial charge in [0.25, 0.3) is 0 Å². The summed E-state index contributed by atoms with van der Waals surface area (Å²) in [6.45, 7) is 2.41. The van der Waals surface area contributed by atoms with E-state index in [1.54, 1.807) is 0 Å². The molecular formula is C9H14O2. The van der Waals surface area contributed by atoms with Gasteiger partial charge in [-0.2, -0.15) is 0 Å². The predicted octanol–water partition coefficient (Wildman–Crippen LogP) is 1.74. The highest BCUT2D eigenvalue weighted by Crippen LogP contribution is 2.64. The van der Waals surface area contributed by atoms with Crippen LogP contribution in [-0.4, -0.2) is 12.6 Å². The van der Waals surface area contributed by atoms with Gasteiger partial charge >= 0.3 is 5.97 Å². The number of carbonyl (C=O) groups excluding carboxylic acids is 1. The number of esters is 1. The van der Waals surface area contributed by atoms with Crippen LogP contribution in [-0.2, 0) is 9.53 Å². The summed E-state index contributed by atoms with van der Waals surface area (Å²) >= 11 is 0. The van der Waals surface area contributed by atoms with Crippen LogP contribution in [0.5, 0.6) is 0 Å². The van der Waals surface area contributed by atoms with E-state index in [0.29, 0.717) is 12.5 Å². The first-order valence-electron chi connectivity index (χ1n) is 4.47. The molecule has 2 unspecified atom stereocenters. The SMILES string of the molecule is CCOC(=O)C12CCCC1C2. The summed E-state index contributed by atoms with van der Waals surface area (Å²) < 4.78 is 5.03. The van der Waals surface area contributed by atoms with E-state index in [1.807, 2.05) is 6.92 Å². The average Bonchev–Trinajstić information content (AvgIpc) is 2.57. The second-order valence-corrected chi connectivity index (χ2v) is 3.67. The van der Waals surface area contributed by atoms with Gasteiger partial charge in [0, 0.05) is 0 Å². The van der Waals surface area contributed by atoms with Crippen LogP contribution >= 0.6 is 0 Å². The molecule has 0 aliphatic heterocycles. The summed E-state index contributed by atoms with van der Waals surface area (Å²) in [5, 5.41) is 0. The average molecular weight is 154 g/mol. The molecule has 2 aliphatic carbocycles. The Morgan fingerprint density at radius 3 is 3.00 bits per heavy atom. The Balaban J connectivity index is 1.99. The lowest BCUT2D eigenvalue weighted by Gasteiger charge is -2.09. The molecule has 0 heterocycles. The highest BCUT2D eigenvalue weighted by molar-refractivity contribution is 5.81. The summed E-state index contributed by atoms with van der Waals surface area (Å²) in [7, 11) is 0. The largest absolute Gasteiger partial charge is 0.466 e. The molecule has 0 spiro atoms. The van der Waals surface area contributed by atoms with Crippen LogP contribution in [0, 0.1) is 11.3 Å². The van der Waals surface area contributed by atoms with Crippen LogP contribution in [0.25, 0.3) is 0 Å². The molecule has 0 radical (unpaired) electrons. The van der Waals surface area contributed by atoms with Gasteiger partial charge in [-0.3, -0.25) is 4.79 Å². The quantitative estimate of drug-likeness (QED) is 0.566. The Hall–Kier alpha value is -0.530. The Morgan fingerprint density at radius 2 is 2.55 bits per heavy atom. The molecular weight excluding hydrogens is 140 g/mol. The normalized spacial score (nSPS) is 39.9. The van der Waals surface area contributed by atoms with Crippen LogP contribution in [0.3, 0.4) is 0 Å². The maximum Gasteiger partial charge on any atom is 0.312 e. The molecule has 11 heavy (non-hydrogen) atoms. The van der Waals surface area contributed by atoms with Crippen molar-refractivity contribution in [3.8, 4) is 0 Å².